The number of anilines is 1. The minimum Gasteiger partial charge on any atom is -0.322 e. The van der Waals surface area contributed by atoms with E-state index in [0.29, 0.717) is 5.56 Å². The Balaban J connectivity index is 2.21. The minimum atomic E-state index is -0.152. The molecule has 0 heterocycles. The van der Waals surface area contributed by atoms with E-state index >= 15 is 0 Å². The Hall–Kier alpha value is -2.53. The number of terminal acetylenes is 1. The van der Waals surface area contributed by atoms with Crippen LogP contribution in [-0.4, -0.2) is 5.91 Å². The van der Waals surface area contributed by atoms with E-state index < -0.39 is 0 Å². The second-order valence-corrected chi connectivity index (χ2v) is 4.49. The average Bonchev–Trinajstić information content (AvgIpc) is 2.42. The molecule has 2 heteroatoms. The second kappa shape index (κ2) is 5.41. The fourth-order valence-electron chi connectivity index (χ4n) is 1.76. The van der Waals surface area contributed by atoms with Crippen LogP contribution in [0.1, 0.15) is 27.0 Å². The molecule has 0 aliphatic heterocycles. The van der Waals surface area contributed by atoms with Crippen molar-refractivity contribution in [3.05, 3.63) is 64.7 Å². The minimum absolute atomic E-state index is 0.152. The van der Waals surface area contributed by atoms with Gasteiger partial charge in [0.1, 0.15) is 0 Å². The Bertz CT molecular complexity index is 648. The molecule has 2 aromatic rings. The lowest BCUT2D eigenvalue weighted by atomic mass is 10.1. The molecule has 2 aromatic carbocycles. The van der Waals surface area contributed by atoms with E-state index in [1.54, 1.807) is 12.1 Å². The third-order valence-electron chi connectivity index (χ3n) is 2.96. The summed E-state index contributed by atoms with van der Waals surface area (Å²) in [6.07, 6.45) is 5.41. The molecule has 19 heavy (non-hydrogen) atoms. The van der Waals surface area contributed by atoms with E-state index in [9.17, 15) is 4.79 Å². The number of rotatable bonds is 2. The topological polar surface area (TPSA) is 29.1 Å². The Morgan fingerprint density at radius 1 is 1.11 bits per heavy atom. The van der Waals surface area contributed by atoms with Gasteiger partial charge in [-0.05, 0) is 43.7 Å². The summed E-state index contributed by atoms with van der Waals surface area (Å²) in [6, 6.07) is 13.0. The van der Waals surface area contributed by atoms with Crippen molar-refractivity contribution in [2.24, 2.45) is 0 Å². The van der Waals surface area contributed by atoms with Crippen LogP contribution in [0.2, 0.25) is 0 Å². The lowest BCUT2D eigenvalue weighted by Crippen LogP contribution is -2.12. The smallest absolute Gasteiger partial charge is 0.255 e. The maximum absolute atomic E-state index is 12.1. The summed E-state index contributed by atoms with van der Waals surface area (Å²) in [4.78, 5) is 12.1. The summed E-state index contributed by atoms with van der Waals surface area (Å²) in [5.41, 5.74) is 4.24. The molecule has 0 saturated heterocycles. The maximum atomic E-state index is 12.1. The number of hydrogen-bond donors (Lipinski definition) is 1. The Labute approximate surface area is 113 Å². The average molecular weight is 249 g/mol. The molecule has 1 amide bonds. The molecule has 0 aliphatic rings. The van der Waals surface area contributed by atoms with Crippen LogP contribution in [0.15, 0.2) is 42.5 Å². The predicted octanol–water partition coefficient (Wildman–Crippen LogP) is 3.54. The zero-order valence-corrected chi connectivity index (χ0v) is 11.0. The van der Waals surface area contributed by atoms with Gasteiger partial charge in [0.15, 0.2) is 0 Å². The lowest BCUT2D eigenvalue weighted by molar-refractivity contribution is 0.102. The molecule has 0 spiro atoms. The van der Waals surface area contributed by atoms with E-state index in [2.05, 4.69) is 11.2 Å². The largest absolute Gasteiger partial charge is 0.322 e. The van der Waals surface area contributed by atoms with Gasteiger partial charge >= 0.3 is 0 Å². The molecule has 0 aliphatic carbocycles. The van der Waals surface area contributed by atoms with Gasteiger partial charge in [0, 0.05) is 16.8 Å². The SMILES string of the molecule is C#Cc1cc(C(=O)Nc2ccc(C)cc2)ccc1C. The summed E-state index contributed by atoms with van der Waals surface area (Å²) < 4.78 is 0. The van der Waals surface area contributed by atoms with Crippen molar-refractivity contribution in [2.45, 2.75) is 13.8 Å². The quantitative estimate of drug-likeness (QED) is 0.810. The summed E-state index contributed by atoms with van der Waals surface area (Å²) in [6.45, 7) is 3.93. The number of hydrogen-bond acceptors (Lipinski definition) is 1. The van der Waals surface area contributed by atoms with Crippen LogP contribution in [0.25, 0.3) is 0 Å². The number of benzene rings is 2. The van der Waals surface area contributed by atoms with Gasteiger partial charge < -0.3 is 5.32 Å². The van der Waals surface area contributed by atoms with E-state index in [1.165, 1.54) is 0 Å². The van der Waals surface area contributed by atoms with Crippen molar-refractivity contribution in [1.82, 2.24) is 0 Å². The van der Waals surface area contributed by atoms with E-state index in [0.717, 1.165) is 22.4 Å². The van der Waals surface area contributed by atoms with Crippen molar-refractivity contribution in [3.8, 4) is 12.3 Å². The highest BCUT2D eigenvalue weighted by Gasteiger charge is 2.07. The van der Waals surface area contributed by atoms with Gasteiger partial charge in [-0.2, -0.15) is 0 Å². The Kier molecular flexibility index (Phi) is 3.68. The number of nitrogens with one attached hydrogen (secondary N) is 1. The molecule has 1 N–H and O–H groups in total. The van der Waals surface area contributed by atoms with Crippen molar-refractivity contribution in [1.29, 1.82) is 0 Å². The number of amides is 1. The van der Waals surface area contributed by atoms with Gasteiger partial charge in [-0.1, -0.05) is 29.7 Å². The summed E-state index contributed by atoms with van der Waals surface area (Å²) >= 11 is 0. The highest BCUT2D eigenvalue weighted by atomic mass is 16.1. The highest BCUT2D eigenvalue weighted by Crippen LogP contribution is 2.13. The van der Waals surface area contributed by atoms with E-state index in [1.807, 2.05) is 44.2 Å². The van der Waals surface area contributed by atoms with Gasteiger partial charge in [0.2, 0.25) is 0 Å². The van der Waals surface area contributed by atoms with Gasteiger partial charge in [-0.25, -0.2) is 0 Å². The fourth-order valence-corrected chi connectivity index (χ4v) is 1.76. The Morgan fingerprint density at radius 2 is 1.79 bits per heavy atom. The third-order valence-corrected chi connectivity index (χ3v) is 2.96. The molecule has 0 aromatic heterocycles. The zero-order valence-electron chi connectivity index (χ0n) is 11.0. The normalized spacial score (nSPS) is 9.74. The van der Waals surface area contributed by atoms with Crippen molar-refractivity contribution in [2.75, 3.05) is 5.32 Å². The molecule has 0 fully saturated rings. The van der Waals surface area contributed by atoms with Crippen LogP contribution in [0.5, 0.6) is 0 Å². The van der Waals surface area contributed by atoms with Gasteiger partial charge in [0.25, 0.3) is 5.91 Å². The first kappa shape index (κ1) is 12.9. The number of carbonyl (C=O) groups excluding carboxylic acids is 1. The number of aryl methyl sites for hydroxylation is 2. The maximum Gasteiger partial charge on any atom is 0.255 e. The molecule has 2 nitrogen and oxygen atoms in total. The fraction of sp³-hybridized carbons (Fsp3) is 0.118. The van der Waals surface area contributed by atoms with Crippen LogP contribution < -0.4 is 5.32 Å². The van der Waals surface area contributed by atoms with Crippen LogP contribution >= 0.6 is 0 Å². The predicted molar refractivity (Wildman–Crippen MR) is 78.2 cm³/mol. The van der Waals surface area contributed by atoms with Crippen molar-refractivity contribution in [3.63, 3.8) is 0 Å². The van der Waals surface area contributed by atoms with Crippen LogP contribution in [-0.2, 0) is 0 Å². The van der Waals surface area contributed by atoms with Crippen molar-refractivity contribution < 1.29 is 4.79 Å². The van der Waals surface area contributed by atoms with Crippen LogP contribution in [0, 0.1) is 26.2 Å². The summed E-state index contributed by atoms with van der Waals surface area (Å²) in [5.74, 6) is 2.43. The van der Waals surface area contributed by atoms with Gasteiger partial charge in [-0.3, -0.25) is 4.79 Å². The molecule has 2 rings (SSSR count). The molecule has 0 atom stereocenters. The zero-order chi connectivity index (χ0) is 13.8. The molecular formula is C17H15NO. The molecule has 0 bridgehead atoms. The molecule has 0 saturated carbocycles. The van der Waals surface area contributed by atoms with E-state index in [-0.39, 0.29) is 5.91 Å². The van der Waals surface area contributed by atoms with Gasteiger partial charge in [0.05, 0.1) is 0 Å². The first-order valence-electron chi connectivity index (χ1n) is 6.05. The van der Waals surface area contributed by atoms with Crippen LogP contribution in [0.3, 0.4) is 0 Å². The molecule has 94 valence electrons. The first-order chi connectivity index (χ1) is 9.10. The number of carbonyl (C=O) groups is 1. The summed E-state index contributed by atoms with van der Waals surface area (Å²) in [7, 11) is 0. The van der Waals surface area contributed by atoms with E-state index in [4.69, 9.17) is 6.42 Å². The monoisotopic (exact) mass is 249 g/mol. The molecule has 0 unspecified atom stereocenters. The lowest BCUT2D eigenvalue weighted by Gasteiger charge is -2.07. The molecule has 0 radical (unpaired) electrons. The van der Waals surface area contributed by atoms with Crippen molar-refractivity contribution >= 4 is 11.6 Å². The molecular weight excluding hydrogens is 234 g/mol. The first-order valence-corrected chi connectivity index (χ1v) is 6.05. The van der Waals surface area contributed by atoms with Gasteiger partial charge in [-0.15, -0.1) is 6.42 Å². The third kappa shape index (κ3) is 3.02. The summed E-state index contributed by atoms with van der Waals surface area (Å²) in [5, 5.41) is 2.85. The second-order valence-electron chi connectivity index (χ2n) is 4.49. The standard InChI is InChI=1S/C17H15NO/c1-4-14-11-15(8-7-13(14)3)17(19)18-16-9-5-12(2)6-10-16/h1,5-11H,2-3H3,(H,18,19). The van der Waals surface area contributed by atoms with Crippen LogP contribution in [0.4, 0.5) is 5.69 Å². The Morgan fingerprint density at radius 3 is 2.42 bits per heavy atom. The highest BCUT2D eigenvalue weighted by molar-refractivity contribution is 6.04.